The lowest BCUT2D eigenvalue weighted by Gasteiger charge is -2.27. The van der Waals surface area contributed by atoms with Gasteiger partial charge < -0.3 is 9.64 Å². The quantitative estimate of drug-likeness (QED) is 0.835. The molecule has 6 heteroatoms. The first-order valence-electron chi connectivity index (χ1n) is 8.00. The first-order valence-corrected chi connectivity index (χ1v) is 8.77. The Hall–Kier alpha value is -1.95. The molecule has 1 saturated carbocycles. The van der Waals surface area contributed by atoms with E-state index in [2.05, 4.69) is 23.4 Å². The molecule has 1 unspecified atom stereocenters. The normalized spacial score (nSPS) is 21.4. The van der Waals surface area contributed by atoms with E-state index >= 15 is 0 Å². The van der Waals surface area contributed by atoms with Crippen molar-refractivity contribution in [3.63, 3.8) is 0 Å². The van der Waals surface area contributed by atoms with Crippen LogP contribution in [0.15, 0.2) is 24.3 Å². The zero-order chi connectivity index (χ0) is 17.5. The maximum Gasteiger partial charge on any atom is 0.233 e. The molecule has 128 valence electrons. The van der Waals surface area contributed by atoms with Gasteiger partial charge >= 0.3 is 0 Å². The summed E-state index contributed by atoms with van der Waals surface area (Å²) in [4.78, 5) is 16.1. The molecule has 0 bridgehead atoms. The van der Waals surface area contributed by atoms with Gasteiger partial charge in [-0.1, -0.05) is 30.5 Å². The van der Waals surface area contributed by atoms with Gasteiger partial charge in [0.1, 0.15) is 5.75 Å². The molecule has 0 aliphatic heterocycles. The topological polar surface area (TPSA) is 55.3 Å². The molecule has 1 amide bonds. The van der Waals surface area contributed by atoms with E-state index < -0.39 is 5.41 Å². The van der Waals surface area contributed by atoms with Crippen LogP contribution in [0, 0.1) is 12.3 Å². The highest BCUT2D eigenvalue weighted by Crippen LogP contribution is 2.65. The number of methoxy groups -OCH3 is 1. The molecule has 1 fully saturated rings. The summed E-state index contributed by atoms with van der Waals surface area (Å²) >= 11 is 1.36. The summed E-state index contributed by atoms with van der Waals surface area (Å²) in [5, 5.41) is 4.03. The number of carbonyl (C=O) groups is 1. The van der Waals surface area contributed by atoms with Crippen molar-refractivity contribution in [1.82, 2.24) is 14.5 Å². The smallest absolute Gasteiger partial charge is 0.233 e. The lowest BCUT2D eigenvalue weighted by Crippen LogP contribution is -2.38. The van der Waals surface area contributed by atoms with Gasteiger partial charge in [-0.05, 0) is 48.0 Å². The molecule has 1 heterocycles. The second-order valence-corrected chi connectivity index (χ2v) is 7.98. The summed E-state index contributed by atoms with van der Waals surface area (Å²) in [6.45, 7) is 6.79. The summed E-state index contributed by atoms with van der Waals surface area (Å²) in [5.41, 5.74) is 1.45. The second-order valence-electron chi connectivity index (χ2n) is 7.14. The zero-order valence-corrected chi connectivity index (χ0v) is 15.6. The van der Waals surface area contributed by atoms with Crippen LogP contribution in [-0.4, -0.2) is 34.6 Å². The number of benzene rings is 1. The predicted octanol–water partition coefficient (Wildman–Crippen LogP) is 3.18. The van der Waals surface area contributed by atoms with Crippen LogP contribution >= 0.6 is 11.5 Å². The van der Waals surface area contributed by atoms with E-state index in [9.17, 15) is 4.79 Å². The SMILES string of the molecule is COc1ccc(C2(C(=O)N(C)Cc3snnc3C)CC2(C)C)cc1. The Morgan fingerprint density at radius 2 is 1.96 bits per heavy atom. The summed E-state index contributed by atoms with van der Waals surface area (Å²) in [7, 11) is 3.51. The van der Waals surface area contributed by atoms with Gasteiger partial charge in [0.15, 0.2) is 0 Å². The lowest BCUT2D eigenvalue weighted by atomic mass is 9.86. The highest BCUT2D eigenvalue weighted by atomic mass is 32.1. The number of amides is 1. The molecule has 1 aliphatic carbocycles. The molecule has 1 aliphatic rings. The average Bonchev–Trinajstić information content (AvgIpc) is 2.94. The van der Waals surface area contributed by atoms with Crippen molar-refractivity contribution < 1.29 is 9.53 Å². The van der Waals surface area contributed by atoms with Crippen LogP contribution < -0.4 is 4.74 Å². The summed E-state index contributed by atoms with van der Waals surface area (Å²) in [5.74, 6) is 0.963. The number of likely N-dealkylation sites (N-methyl/N-ethyl adjacent to an activating group) is 1. The van der Waals surface area contributed by atoms with Gasteiger partial charge in [-0.25, -0.2) is 0 Å². The summed E-state index contributed by atoms with van der Waals surface area (Å²) < 4.78 is 9.20. The number of rotatable bonds is 5. The number of nitrogens with zero attached hydrogens (tertiary/aromatic N) is 3. The standard InChI is InChI=1S/C18H23N3O2S/c1-12-15(24-20-19-12)10-21(4)16(22)18(11-17(18,2)3)13-6-8-14(23-5)9-7-13/h6-9H,10-11H2,1-5H3. The molecule has 0 N–H and O–H groups in total. The fourth-order valence-electron chi connectivity index (χ4n) is 3.48. The summed E-state index contributed by atoms with van der Waals surface area (Å²) in [6.07, 6.45) is 0.857. The number of ether oxygens (including phenoxy) is 1. The van der Waals surface area contributed by atoms with Crippen LogP contribution in [0.4, 0.5) is 0 Å². The Balaban J connectivity index is 1.87. The molecule has 1 aromatic carbocycles. The highest BCUT2D eigenvalue weighted by molar-refractivity contribution is 7.05. The molecule has 1 aromatic heterocycles. The van der Waals surface area contributed by atoms with Crippen molar-refractivity contribution in [3.8, 4) is 5.75 Å². The van der Waals surface area contributed by atoms with Crippen LogP contribution in [0.3, 0.4) is 0 Å². The van der Waals surface area contributed by atoms with Gasteiger partial charge in [-0.2, -0.15) is 0 Å². The van der Waals surface area contributed by atoms with Crippen molar-refractivity contribution in [2.75, 3.05) is 14.2 Å². The third kappa shape index (κ3) is 2.59. The maximum absolute atomic E-state index is 13.3. The van der Waals surface area contributed by atoms with Gasteiger partial charge in [0, 0.05) is 7.05 Å². The fourth-order valence-corrected chi connectivity index (χ4v) is 4.17. The largest absolute Gasteiger partial charge is 0.497 e. The van der Waals surface area contributed by atoms with E-state index in [0.717, 1.165) is 28.3 Å². The van der Waals surface area contributed by atoms with Crippen LogP contribution in [0.5, 0.6) is 5.75 Å². The van der Waals surface area contributed by atoms with Gasteiger partial charge in [0.25, 0.3) is 0 Å². The van der Waals surface area contributed by atoms with Crippen LogP contribution in [0.25, 0.3) is 0 Å². The van der Waals surface area contributed by atoms with E-state index in [1.54, 1.807) is 12.0 Å². The number of aromatic nitrogens is 2. The average molecular weight is 345 g/mol. The summed E-state index contributed by atoms with van der Waals surface area (Å²) in [6, 6.07) is 7.88. The highest BCUT2D eigenvalue weighted by Gasteiger charge is 2.67. The molecule has 24 heavy (non-hydrogen) atoms. The van der Waals surface area contributed by atoms with E-state index in [1.807, 2.05) is 38.2 Å². The first kappa shape index (κ1) is 16.9. The Morgan fingerprint density at radius 1 is 1.33 bits per heavy atom. The third-order valence-corrected chi connectivity index (χ3v) is 5.97. The molecule has 1 atom stereocenters. The minimum atomic E-state index is -0.458. The minimum Gasteiger partial charge on any atom is -0.497 e. The predicted molar refractivity (Wildman–Crippen MR) is 94.2 cm³/mol. The van der Waals surface area contributed by atoms with E-state index in [1.165, 1.54) is 11.5 Å². The molecule has 0 spiro atoms. The molecule has 2 aromatic rings. The van der Waals surface area contributed by atoms with Crippen LogP contribution in [-0.2, 0) is 16.8 Å². The Bertz CT molecular complexity index is 754. The number of aryl methyl sites for hydroxylation is 1. The zero-order valence-electron chi connectivity index (χ0n) is 14.8. The molecule has 3 rings (SSSR count). The third-order valence-electron chi connectivity index (χ3n) is 5.16. The second kappa shape index (κ2) is 5.84. The van der Waals surface area contributed by atoms with E-state index in [4.69, 9.17) is 4.74 Å². The van der Waals surface area contributed by atoms with Crippen molar-refractivity contribution in [2.45, 2.75) is 39.2 Å². The number of carbonyl (C=O) groups excluding carboxylic acids is 1. The fraction of sp³-hybridized carbons (Fsp3) is 0.500. The Kier molecular flexibility index (Phi) is 4.11. The lowest BCUT2D eigenvalue weighted by molar-refractivity contribution is -0.134. The first-order chi connectivity index (χ1) is 11.3. The van der Waals surface area contributed by atoms with Crippen LogP contribution in [0.2, 0.25) is 0 Å². The Morgan fingerprint density at radius 3 is 2.42 bits per heavy atom. The van der Waals surface area contributed by atoms with Gasteiger partial charge in [0.2, 0.25) is 5.91 Å². The molecule has 0 radical (unpaired) electrons. The van der Waals surface area contributed by atoms with E-state index in [0.29, 0.717) is 6.54 Å². The number of hydrogen-bond acceptors (Lipinski definition) is 5. The molecular formula is C18H23N3O2S. The Labute approximate surface area is 146 Å². The van der Waals surface area contributed by atoms with Crippen molar-refractivity contribution in [3.05, 3.63) is 40.4 Å². The molecular weight excluding hydrogens is 322 g/mol. The van der Waals surface area contributed by atoms with E-state index in [-0.39, 0.29) is 11.3 Å². The van der Waals surface area contributed by atoms with Crippen molar-refractivity contribution in [2.24, 2.45) is 5.41 Å². The van der Waals surface area contributed by atoms with Crippen molar-refractivity contribution in [1.29, 1.82) is 0 Å². The minimum absolute atomic E-state index is 0.0477. The molecule has 0 saturated heterocycles. The van der Waals surface area contributed by atoms with Gasteiger partial charge in [0.05, 0.1) is 29.6 Å². The van der Waals surface area contributed by atoms with Gasteiger partial charge in [-0.15, -0.1) is 5.10 Å². The number of hydrogen-bond donors (Lipinski definition) is 0. The van der Waals surface area contributed by atoms with Crippen LogP contribution in [0.1, 0.15) is 36.4 Å². The molecule has 5 nitrogen and oxygen atoms in total. The maximum atomic E-state index is 13.3. The van der Waals surface area contributed by atoms with Crippen molar-refractivity contribution >= 4 is 17.4 Å². The van der Waals surface area contributed by atoms with Gasteiger partial charge in [-0.3, -0.25) is 4.79 Å². The monoisotopic (exact) mass is 345 g/mol.